The Morgan fingerprint density at radius 3 is 2.69 bits per heavy atom. The van der Waals surface area contributed by atoms with Crippen LogP contribution in [0.15, 0.2) is 36.7 Å². The third kappa shape index (κ3) is 4.11. The van der Waals surface area contributed by atoms with Crippen molar-refractivity contribution >= 4 is 22.5 Å². The van der Waals surface area contributed by atoms with Crippen LogP contribution in [-0.2, 0) is 0 Å². The van der Waals surface area contributed by atoms with E-state index in [1.54, 1.807) is 16.8 Å². The zero-order valence-electron chi connectivity index (χ0n) is 18.7. The number of nitriles is 1. The highest BCUT2D eigenvalue weighted by atomic mass is 32.1. The van der Waals surface area contributed by atoms with Crippen molar-refractivity contribution in [1.29, 1.82) is 5.26 Å². The summed E-state index contributed by atoms with van der Waals surface area (Å²) in [5, 5.41) is 35.9. The second kappa shape index (κ2) is 8.28. The molecular formula is C23H20F3N7OS. The molecule has 4 heterocycles. The largest absolute Gasteiger partial charge is 0.417 e. The van der Waals surface area contributed by atoms with Gasteiger partial charge in [-0.25, -0.2) is 4.52 Å². The molecule has 35 heavy (non-hydrogen) atoms. The van der Waals surface area contributed by atoms with E-state index in [1.165, 1.54) is 17.5 Å². The summed E-state index contributed by atoms with van der Waals surface area (Å²) < 4.78 is 40.7. The van der Waals surface area contributed by atoms with Gasteiger partial charge in [0.25, 0.3) is 0 Å². The minimum absolute atomic E-state index is 0.0881. The highest BCUT2D eigenvalue weighted by molar-refractivity contribution is 7.14. The fraction of sp³-hybridized carbons (Fsp3) is 0.348. The second-order valence-corrected chi connectivity index (χ2v) is 9.91. The van der Waals surface area contributed by atoms with Crippen molar-refractivity contribution in [3.63, 3.8) is 0 Å². The molecule has 8 nitrogen and oxygen atoms in total. The predicted molar refractivity (Wildman–Crippen MR) is 124 cm³/mol. The number of nitrogens with one attached hydrogen (secondary N) is 1. The Hall–Kier alpha value is -3.56. The van der Waals surface area contributed by atoms with E-state index < -0.39 is 30.5 Å². The fourth-order valence-electron chi connectivity index (χ4n) is 4.12. The summed E-state index contributed by atoms with van der Waals surface area (Å²) in [6.07, 6.45) is -2.34. The molecule has 2 N–H and O–H groups in total. The average molecular weight is 500 g/mol. The molecule has 0 bridgehead atoms. The Morgan fingerprint density at radius 1 is 1.23 bits per heavy atom. The third-order valence-corrected chi connectivity index (χ3v) is 7.08. The van der Waals surface area contributed by atoms with Crippen LogP contribution in [0.2, 0.25) is 0 Å². The highest BCUT2D eigenvalue weighted by Crippen LogP contribution is 2.53. The molecule has 0 aromatic carbocycles. The number of hydrogen-bond acceptors (Lipinski definition) is 8. The maximum absolute atomic E-state index is 13.0. The van der Waals surface area contributed by atoms with Crippen LogP contribution in [0, 0.1) is 11.3 Å². The summed E-state index contributed by atoms with van der Waals surface area (Å²) in [7, 11) is 0. The second-order valence-electron chi connectivity index (χ2n) is 8.91. The number of aromatic nitrogens is 5. The lowest BCUT2D eigenvalue weighted by atomic mass is 9.71. The highest BCUT2D eigenvalue weighted by Gasteiger charge is 2.62. The van der Waals surface area contributed by atoms with Crippen LogP contribution in [0.5, 0.6) is 0 Å². The first kappa shape index (κ1) is 23.2. The Morgan fingerprint density at radius 2 is 2.00 bits per heavy atom. The number of hydrogen-bond donors (Lipinski definition) is 2. The van der Waals surface area contributed by atoms with E-state index in [-0.39, 0.29) is 6.04 Å². The average Bonchev–Trinajstić information content (AvgIpc) is 3.42. The van der Waals surface area contributed by atoms with Gasteiger partial charge in [0.15, 0.2) is 10.6 Å². The molecule has 0 atom stereocenters. The molecule has 0 aliphatic heterocycles. The SMILES string of the molecule is CC(C)Nc1cc(-c2ccc3cc(C#N)cnn23)ncc1-c1nnc(C2CC(O)(C(F)(F)F)C2)s1. The van der Waals surface area contributed by atoms with Crippen molar-refractivity contribution < 1.29 is 18.3 Å². The van der Waals surface area contributed by atoms with Gasteiger partial charge in [0.2, 0.25) is 0 Å². The van der Waals surface area contributed by atoms with Crippen LogP contribution in [0.3, 0.4) is 0 Å². The number of rotatable bonds is 5. The van der Waals surface area contributed by atoms with Crippen LogP contribution in [0.1, 0.15) is 43.2 Å². The van der Waals surface area contributed by atoms with Crippen LogP contribution in [-0.4, -0.2) is 47.7 Å². The molecule has 4 aromatic rings. The topological polar surface area (TPSA) is 112 Å². The molecule has 0 saturated heterocycles. The summed E-state index contributed by atoms with van der Waals surface area (Å²) in [5.74, 6) is -0.488. The van der Waals surface area contributed by atoms with E-state index >= 15 is 0 Å². The Bertz CT molecular complexity index is 1450. The number of aliphatic hydroxyl groups is 1. The standard InChI is InChI=1S/C23H20F3N7OS/c1-12(2)30-17-6-18(19-4-3-15-5-13(9-27)10-29-33(15)19)28-11-16(17)21-32-31-20(35-21)14-7-22(34,8-14)23(24,25)26/h3-6,10-12,14,34H,7-8H2,1-2H3,(H,28,30). The van der Waals surface area contributed by atoms with Crippen LogP contribution in [0.25, 0.3) is 27.5 Å². The van der Waals surface area contributed by atoms with Crippen LogP contribution >= 0.6 is 11.3 Å². The Labute approximate surface area is 202 Å². The molecule has 4 aromatic heterocycles. The minimum atomic E-state index is -4.65. The van der Waals surface area contributed by atoms with Gasteiger partial charge in [-0.3, -0.25) is 4.98 Å². The van der Waals surface area contributed by atoms with E-state index in [1.807, 2.05) is 32.0 Å². The monoisotopic (exact) mass is 499 g/mol. The van der Waals surface area contributed by atoms with Crippen molar-refractivity contribution in [2.75, 3.05) is 5.32 Å². The minimum Gasteiger partial charge on any atom is -0.382 e. The molecule has 1 aliphatic carbocycles. The fourth-order valence-corrected chi connectivity index (χ4v) is 5.09. The van der Waals surface area contributed by atoms with E-state index in [4.69, 9.17) is 5.26 Å². The Balaban J connectivity index is 1.47. The molecule has 180 valence electrons. The van der Waals surface area contributed by atoms with Gasteiger partial charge in [0.1, 0.15) is 11.1 Å². The smallest absolute Gasteiger partial charge is 0.382 e. The lowest BCUT2D eigenvalue weighted by Gasteiger charge is -2.43. The van der Waals surface area contributed by atoms with Crippen molar-refractivity contribution in [2.45, 2.75) is 50.4 Å². The molecule has 0 unspecified atom stereocenters. The molecule has 1 aliphatic rings. The van der Waals surface area contributed by atoms with E-state index in [2.05, 4.69) is 31.7 Å². The van der Waals surface area contributed by atoms with Gasteiger partial charge in [0, 0.05) is 23.8 Å². The first-order chi connectivity index (χ1) is 16.6. The lowest BCUT2D eigenvalue weighted by molar-refractivity contribution is -0.291. The van der Waals surface area contributed by atoms with Crippen molar-refractivity contribution in [1.82, 2.24) is 24.8 Å². The van der Waals surface area contributed by atoms with Crippen molar-refractivity contribution in [3.05, 3.63) is 47.2 Å². The first-order valence-electron chi connectivity index (χ1n) is 10.9. The summed E-state index contributed by atoms with van der Waals surface area (Å²) in [5.41, 5.74) is 1.37. The molecular weight excluding hydrogens is 479 g/mol. The van der Waals surface area contributed by atoms with Gasteiger partial charge >= 0.3 is 6.18 Å². The zero-order chi connectivity index (χ0) is 25.0. The molecule has 5 rings (SSSR count). The summed E-state index contributed by atoms with van der Waals surface area (Å²) in [6, 6.07) is 9.48. The van der Waals surface area contributed by atoms with Crippen molar-refractivity contribution in [3.8, 4) is 28.0 Å². The van der Waals surface area contributed by atoms with Gasteiger partial charge in [0.05, 0.1) is 34.2 Å². The number of fused-ring (bicyclic) bond motifs is 1. The molecule has 12 heteroatoms. The zero-order valence-corrected chi connectivity index (χ0v) is 19.5. The number of alkyl halides is 3. The summed E-state index contributed by atoms with van der Waals surface area (Å²) in [6.45, 7) is 3.97. The van der Waals surface area contributed by atoms with Crippen molar-refractivity contribution in [2.24, 2.45) is 0 Å². The van der Waals surface area contributed by atoms with Gasteiger partial charge < -0.3 is 10.4 Å². The Kier molecular flexibility index (Phi) is 5.49. The van der Waals surface area contributed by atoms with Crippen LogP contribution in [0.4, 0.5) is 18.9 Å². The maximum Gasteiger partial charge on any atom is 0.417 e. The van der Waals surface area contributed by atoms with Gasteiger partial charge in [-0.1, -0.05) is 11.3 Å². The number of anilines is 1. The van der Waals surface area contributed by atoms with E-state index in [0.717, 1.165) is 16.9 Å². The van der Waals surface area contributed by atoms with E-state index in [9.17, 15) is 18.3 Å². The van der Waals surface area contributed by atoms with Gasteiger partial charge in [-0.05, 0) is 51.0 Å². The van der Waals surface area contributed by atoms with Crippen LogP contribution < -0.4 is 5.32 Å². The quantitative estimate of drug-likeness (QED) is 0.407. The molecule has 0 spiro atoms. The third-order valence-electron chi connectivity index (χ3n) is 5.96. The lowest BCUT2D eigenvalue weighted by Crippen LogP contribution is -2.54. The predicted octanol–water partition coefficient (Wildman–Crippen LogP) is 4.78. The van der Waals surface area contributed by atoms with E-state index in [0.29, 0.717) is 26.8 Å². The number of nitrogens with zero attached hydrogens (tertiary/aromatic N) is 6. The van der Waals surface area contributed by atoms with Gasteiger partial charge in [-0.2, -0.15) is 23.5 Å². The first-order valence-corrected chi connectivity index (χ1v) is 11.7. The summed E-state index contributed by atoms with van der Waals surface area (Å²) in [4.78, 5) is 4.59. The maximum atomic E-state index is 13.0. The number of halogens is 3. The summed E-state index contributed by atoms with van der Waals surface area (Å²) >= 11 is 1.20. The van der Waals surface area contributed by atoms with Gasteiger partial charge in [-0.15, -0.1) is 10.2 Å². The normalized spacial score (nSPS) is 20.1. The molecule has 0 radical (unpaired) electrons. The molecule has 1 fully saturated rings. The number of pyridine rings is 1. The molecule has 0 amide bonds. The molecule has 1 saturated carbocycles.